The molecule has 0 bridgehead atoms. The van der Waals surface area contributed by atoms with Crippen LogP contribution < -0.4 is 10.1 Å². The lowest BCUT2D eigenvalue weighted by molar-refractivity contribution is -0.116. The molecule has 0 unspecified atom stereocenters. The van der Waals surface area contributed by atoms with Crippen LogP contribution in [0, 0.1) is 0 Å². The molecule has 2 heterocycles. The average molecular weight is 398 g/mol. The van der Waals surface area contributed by atoms with Crippen molar-refractivity contribution in [3.05, 3.63) is 58.6 Å². The van der Waals surface area contributed by atoms with Crippen LogP contribution in [0.2, 0.25) is 0 Å². The number of hydrogen-bond donors (Lipinski definition) is 1. The maximum Gasteiger partial charge on any atom is 0.244 e. The van der Waals surface area contributed by atoms with Crippen molar-refractivity contribution in [3.8, 4) is 17.1 Å². The van der Waals surface area contributed by atoms with Crippen LogP contribution in [-0.2, 0) is 11.2 Å². The molecular formula is C21H23N3O3S. The first-order chi connectivity index (χ1) is 13.7. The smallest absolute Gasteiger partial charge is 0.244 e. The van der Waals surface area contributed by atoms with Crippen molar-refractivity contribution in [2.45, 2.75) is 25.7 Å². The highest BCUT2D eigenvalue weighted by Gasteiger charge is 2.08. The van der Waals surface area contributed by atoms with Crippen molar-refractivity contribution in [1.82, 2.24) is 15.5 Å². The van der Waals surface area contributed by atoms with Gasteiger partial charge >= 0.3 is 0 Å². The number of aryl methyl sites for hydroxylation is 1. The van der Waals surface area contributed by atoms with Crippen molar-refractivity contribution < 1.29 is 14.1 Å². The van der Waals surface area contributed by atoms with Crippen LogP contribution in [-0.4, -0.2) is 29.7 Å². The summed E-state index contributed by atoms with van der Waals surface area (Å²) >= 11 is 1.61. The summed E-state index contributed by atoms with van der Waals surface area (Å²) in [4.78, 5) is 17.2. The van der Waals surface area contributed by atoms with Crippen molar-refractivity contribution >= 4 is 23.3 Å². The van der Waals surface area contributed by atoms with Gasteiger partial charge in [-0.3, -0.25) is 4.79 Å². The molecule has 0 atom stereocenters. The maximum atomic E-state index is 11.7. The normalized spacial score (nSPS) is 11.0. The number of rotatable bonds is 10. The molecule has 1 N–H and O–H groups in total. The van der Waals surface area contributed by atoms with E-state index in [2.05, 4.69) is 15.5 Å². The van der Waals surface area contributed by atoms with Crippen molar-refractivity contribution in [3.63, 3.8) is 0 Å². The number of carbonyl (C=O) groups is 1. The number of benzene rings is 1. The second kappa shape index (κ2) is 10.4. The Hall–Kier alpha value is -2.93. The third-order valence-electron chi connectivity index (χ3n) is 4.13. The zero-order chi connectivity index (χ0) is 19.6. The van der Waals surface area contributed by atoms with Gasteiger partial charge in [-0.2, -0.15) is 4.98 Å². The molecule has 1 aromatic carbocycles. The standard InChI is InChI=1S/C21H23N3O3S/c1-26-17-10-8-16(9-11-17)21-23-20(27-24-21)7-3-2-4-14-22-19(25)13-12-18-6-5-15-28-18/h5-6,8-13,15H,2-4,7,14H2,1H3,(H,22,25)/b13-12+. The number of carbonyl (C=O) groups excluding carboxylic acids is 1. The lowest BCUT2D eigenvalue weighted by Gasteiger charge is -2.01. The molecule has 2 aromatic heterocycles. The van der Waals surface area contributed by atoms with E-state index in [1.165, 1.54) is 0 Å². The zero-order valence-electron chi connectivity index (χ0n) is 15.8. The highest BCUT2D eigenvalue weighted by Crippen LogP contribution is 2.20. The Labute approximate surface area is 168 Å². The van der Waals surface area contributed by atoms with E-state index in [9.17, 15) is 4.79 Å². The minimum absolute atomic E-state index is 0.0607. The van der Waals surface area contributed by atoms with Gasteiger partial charge in [-0.15, -0.1) is 11.3 Å². The highest BCUT2D eigenvalue weighted by atomic mass is 32.1. The largest absolute Gasteiger partial charge is 0.497 e. The minimum atomic E-state index is -0.0607. The quantitative estimate of drug-likeness (QED) is 0.406. The van der Waals surface area contributed by atoms with E-state index in [-0.39, 0.29) is 5.91 Å². The Balaban J connectivity index is 1.32. The van der Waals surface area contributed by atoms with Gasteiger partial charge in [-0.25, -0.2) is 0 Å². The van der Waals surface area contributed by atoms with E-state index >= 15 is 0 Å². The first-order valence-corrected chi connectivity index (χ1v) is 10.1. The molecule has 3 rings (SSSR count). The molecule has 0 aliphatic rings. The van der Waals surface area contributed by atoms with Crippen LogP contribution in [0.25, 0.3) is 17.5 Å². The van der Waals surface area contributed by atoms with E-state index in [1.807, 2.05) is 47.9 Å². The third-order valence-corrected chi connectivity index (χ3v) is 4.96. The number of methoxy groups -OCH3 is 1. The third kappa shape index (κ3) is 6.06. The molecule has 0 fully saturated rings. The number of nitrogens with zero attached hydrogens (tertiary/aromatic N) is 2. The predicted molar refractivity (Wildman–Crippen MR) is 110 cm³/mol. The average Bonchev–Trinajstić information content (AvgIpc) is 3.41. The first kappa shape index (κ1) is 19.8. The molecule has 28 heavy (non-hydrogen) atoms. The van der Waals surface area contributed by atoms with Crippen molar-refractivity contribution in [2.75, 3.05) is 13.7 Å². The maximum absolute atomic E-state index is 11.7. The summed E-state index contributed by atoms with van der Waals surface area (Å²) in [5.74, 6) is 1.95. The molecule has 0 aliphatic heterocycles. The lowest BCUT2D eigenvalue weighted by Crippen LogP contribution is -2.21. The summed E-state index contributed by atoms with van der Waals surface area (Å²) in [7, 11) is 1.63. The monoisotopic (exact) mass is 397 g/mol. The summed E-state index contributed by atoms with van der Waals surface area (Å²) in [6.45, 7) is 0.661. The summed E-state index contributed by atoms with van der Waals surface area (Å²) in [5, 5.41) is 8.91. The number of nitrogens with one attached hydrogen (secondary N) is 1. The number of aromatic nitrogens is 2. The summed E-state index contributed by atoms with van der Waals surface area (Å²) in [5.41, 5.74) is 0.897. The fourth-order valence-electron chi connectivity index (χ4n) is 2.61. The number of amides is 1. The van der Waals surface area contributed by atoms with E-state index in [4.69, 9.17) is 9.26 Å². The van der Waals surface area contributed by atoms with Crippen LogP contribution in [0.1, 0.15) is 30.0 Å². The van der Waals surface area contributed by atoms with Gasteiger partial charge in [0.1, 0.15) is 5.75 Å². The van der Waals surface area contributed by atoms with Gasteiger partial charge < -0.3 is 14.6 Å². The van der Waals surface area contributed by atoms with E-state index in [1.54, 1.807) is 24.5 Å². The van der Waals surface area contributed by atoms with E-state index < -0.39 is 0 Å². The number of ether oxygens (including phenoxy) is 1. The number of hydrogen-bond acceptors (Lipinski definition) is 6. The molecular weight excluding hydrogens is 374 g/mol. The molecule has 1 amide bonds. The van der Waals surface area contributed by atoms with Gasteiger partial charge in [0.05, 0.1) is 7.11 Å². The minimum Gasteiger partial charge on any atom is -0.497 e. The van der Waals surface area contributed by atoms with Gasteiger partial charge in [0.2, 0.25) is 17.6 Å². The van der Waals surface area contributed by atoms with Crippen molar-refractivity contribution in [2.24, 2.45) is 0 Å². The van der Waals surface area contributed by atoms with E-state index in [0.717, 1.165) is 41.9 Å². The van der Waals surface area contributed by atoms with Gasteiger partial charge in [0.25, 0.3) is 0 Å². The summed E-state index contributed by atoms with van der Waals surface area (Å²) < 4.78 is 10.5. The van der Waals surface area contributed by atoms with Gasteiger partial charge in [-0.05, 0) is 54.6 Å². The van der Waals surface area contributed by atoms with Crippen LogP contribution in [0.4, 0.5) is 0 Å². The molecule has 3 aromatic rings. The van der Waals surface area contributed by atoms with Crippen LogP contribution in [0.3, 0.4) is 0 Å². The van der Waals surface area contributed by atoms with E-state index in [0.29, 0.717) is 18.3 Å². The molecule has 0 saturated carbocycles. The Morgan fingerprint density at radius 3 is 2.82 bits per heavy atom. The topological polar surface area (TPSA) is 77.3 Å². The van der Waals surface area contributed by atoms with Gasteiger partial charge in [0.15, 0.2) is 0 Å². The Morgan fingerprint density at radius 1 is 1.21 bits per heavy atom. The number of unbranched alkanes of at least 4 members (excludes halogenated alkanes) is 2. The molecule has 0 aliphatic carbocycles. The molecule has 0 saturated heterocycles. The predicted octanol–water partition coefficient (Wildman–Crippen LogP) is 4.35. The molecule has 0 spiro atoms. The lowest BCUT2D eigenvalue weighted by atomic mass is 10.2. The second-order valence-corrected chi connectivity index (χ2v) is 7.17. The van der Waals surface area contributed by atoms with Gasteiger partial charge in [0, 0.05) is 29.5 Å². The van der Waals surface area contributed by atoms with Crippen LogP contribution in [0.15, 0.2) is 52.4 Å². The fourth-order valence-corrected chi connectivity index (χ4v) is 3.22. The molecule has 7 heteroatoms. The SMILES string of the molecule is COc1ccc(-c2noc(CCCCCNC(=O)/C=C/c3cccs3)n2)cc1. The second-order valence-electron chi connectivity index (χ2n) is 6.19. The zero-order valence-corrected chi connectivity index (χ0v) is 16.6. The number of thiophene rings is 1. The highest BCUT2D eigenvalue weighted by molar-refractivity contribution is 7.10. The first-order valence-electron chi connectivity index (χ1n) is 9.21. The molecule has 0 radical (unpaired) electrons. The Bertz CT molecular complexity index is 886. The van der Waals surface area contributed by atoms with Crippen LogP contribution in [0.5, 0.6) is 5.75 Å². The fraction of sp³-hybridized carbons (Fsp3) is 0.286. The van der Waals surface area contributed by atoms with Crippen molar-refractivity contribution in [1.29, 1.82) is 0 Å². The van der Waals surface area contributed by atoms with Crippen LogP contribution >= 0.6 is 11.3 Å². The Kier molecular flexibility index (Phi) is 7.37. The Morgan fingerprint density at radius 2 is 2.07 bits per heavy atom. The molecule has 6 nitrogen and oxygen atoms in total. The summed E-state index contributed by atoms with van der Waals surface area (Å²) in [6, 6.07) is 11.5. The molecule has 146 valence electrons. The van der Waals surface area contributed by atoms with Gasteiger partial charge in [-0.1, -0.05) is 17.6 Å². The summed E-state index contributed by atoms with van der Waals surface area (Å²) in [6.07, 6.45) is 6.97.